The summed E-state index contributed by atoms with van der Waals surface area (Å²) >= 11 is 6.29. The third-order valence-corrected chi connectivity index (χ3v) is 4.53. The lowest BCUT2D eigenvalue weighted by Gasteiger charge is -2.41. The highest BCUT2D eigenvalue weighted by atomic mass is 35.5. The van der Waals surface area contributed by atoms with Gasteiger partial charge in [0.25, 0.3) is 0 Å². The van der Waals surface area contributed by atoms with E-state index in [2.05, 4.69) is 12.0 Å². The van der Waals surface area contributed by atoms with Crippen molar-refractivity contribution in [1.29, 1.82) is 0 Å². The van der Waals surface area contributed by atoms with Crippen LogP contribution >= 0.6 is 11.6 Å². The maximum atomic E-state index is 6.52. The third kappa shape index (κ3) is 2.81. The van der Waals surface area contributed by atoms with Gasteiger partial charge in [-0.1, -0.05) is 37.8 Å². The van der Waals surface area contributed by atoms with Crippen LogP contribution in [0.1, 0.15) is 57.2 Å². The van der Waals surface area contributed by atoms with E-state index in [0.717, 1.165) is 31.5 Å². The van der Waals surface area contributed by atoms with Crippen molar-refractivity contribution in [3.63, 3.8) is 0 Å². The Labute approximate surface area is 120 Å². The first-order valence-corrected chi connectivity index (χ1v) is 7.54. The van der Waals surface area contributed by atoms with E-state index in [0.29, 0.717) is 5.02 Å². The van der Waals surface area contributed by atoms with E-state index in [1.54, 1.807) is 13.3 Å². The Morgan fingerprint density at radius 1 is 1.47 bits per heavy atom. The summed E-state index contributed by atoms with van der Waals surface area (Å²) in [5.41, 5.74) is 7.16. The van der Waals surface area contributed by atoms with Crippen molar-refractivity contribution in [2.45, 2.75) is 63.6 Å². The molecule has 1 aliphatic carbocycles. The van der Waals surface area contributed by atoms with Gasteiger partial charge in [-0.2, -0.15) is 5.10 Å². The largest absolute Gasteiger partial charge is 0.376 e. The summed E-state index contributed by atoms with van der Waals surface area (Å²) in [6, 6.07) is -0.209. The molecule has 1 aromatic rings. The van der Waals surface area contributed by atoms with Gasteiger partial charge in [-0.3, -0.25) is 4.68 Å². The second kappa shape index (κ2) is 6.25. The molecular weight excluding hydrogens is 262 g/mol. The number of aryl methyl sites for hydroxylation is 1. The normalized spacial score (nSPS) is 20.4. The summed E-state index contributed by atoms with van der Waals surface area (Å²) < 4.78 is 7.76. The van der Waals surface area contributed by atoms with Crippen LogP contribution in [0.4, 0.5) is 0 Å². The van der Waals surface area contributed by atoms with Crippen LogP contribution in [0.15, 0.2) is 6.20 Å². The molecule has 1 unspecified atom stereocenters. The average molecular weight is 286 g/mol. The van der Waals surface area contributed by atoms with Crippen molar-refractivity contribution in [2.24, 2.45) is 5.73 Å². The monoisotopic (exact) mass is 285 g/mol. The predicted octanol–water partition coefficient (Wildman–Crippen LogP) is 3.30. The number of hydrogen-bond acceptors (Lipinski definition) is 3. The van der Waals surface area contributed by atoms with Gasteiger partial charge in [0.1, 0.15) is 0 Å². The standard InChI is InChI=1S/C14H24ClN3O/c1-3-9-18-12(11(15)10-17-18)13(16)14(19-2)7-5-4-6-8-14/h10,13H,3-9,16H2,1-2H3. The SMILES string of the molecule is CCCn1ncc(Cl)c1C(N)C1(OC)CCCCC1. The smallest absolute Gasteiger partial charge is 0.0886 e. The van der Waals surface area contributed by atoms with Crippen molar-refractivity contribution in [1.82, 2.24) is 9.78 Å². The minimum absolute atomic E-state index is 0.209. The molecule has 0 spiro atoms. The van der Waals surface area contributed by atoms with Gasteiger partial charge in [-0.15, -0.1) is 0 Å². The number of rotatable bonds is 5. The number of methoxy groups -OCH3 is 1. The zero-order valence-corrected chi connectivity index (χ0v) is 12.6. The van der Waals surface area contributed by atoms with E-state index in [9.17, 15) is 0 Å². The fourth-order valence-corrected chi connectivity index (χ4v) is 3.37. The molecule has 0 bridgehead atoms. The van der Waals surface area contributed by atoms with E-state index in [4.69, 9.17) is 22.1 Å². The van der Waals surface area contributed by atoms with Crippen LogP contribution in [0, 0.1) is 0 Å². The van der Waals surface area contributed by atoms with Gasteiger partial charge >= 0.3 is 0 Å². The van der Waals surface area contributed by atoms with Crippen LogP contribution in [0.3, 0.4) is 0 Å². The van der Waals surface area contributed by atoms with Crippen LogP contribution in [0.5, 0.6) is 0 Å². The first-order valence-electron chi connectivity index (χ1n) is 7.16. The summed E-state index contributed by atoms with van der Waals surface area (Å²) in [4.78, 5) is 0. The topological polar surface area (TPSA) is 53.1 Å². The summed E-state index contributed by atoms with van der Waals surface area (Å²) in [7, 11) is 1.76. The van der Waals surface area contributed by atoms with Gasteiger partial charge in [0.2, 0.25) is 0 Å². The van der Waals surface area contributed by atoms with E-state index in [1.807, 2.05) is 4.68 Å². The lowest BCUT2D eigenvalue weighted by Crippen LogP contribution is -2.45. The summed E-state index contributed by atoms with van der Waals surface area (Å²) in [5.74, 6) is 0. The van der Waals surface area contributed by atoms with Gasteiger partial charge in [0.05, 0.1) is 28.6 Å². The third-order valence-electron chi connectivity index (χ3n) is 4.24. The Morgan fingerprint density at radius 3 is 2.74 bits per heavy atom. The average Bonchev–Trinajstić information content (AvgIpc) is 2.80. The first kappa shape index (κ1) is 14.8. The molecule has 1 saturated carbocycles. The van der Waals surface area contributed by atoms with Crippen molar-refractivity contribution in [2.75, 3.05) is 7.11 Å². The second-order valence-electron chi connectivity index (χ2n) is 5.41. The molecule has 0 aromatic carbocycles. The Bertz CT molecular complexity index is 413. The fraction of sp³-hybridized carbons (Fsp3) is 0.786. The van der Waals surface area contributed by atoms with Crippen molar-refractivity contribution in [3.05, 3.63) is 16.9 Å². The van der Waals surface area contributed by atoms with Gasteiger partial charge in [-0.25, -0.2) is 0 Å². The zero-order chi connectivity index (χ0) is 13.9. The molecular formula is C14H24ClN3O. The minimum atomic E-state index is -0.284. The van der Waals surface area contributed by atoms with Crippen LogP contribution in [-0.4, -0.2) is 22.5 Å². The minimum Gasteiger partial charge on any atom is -0.376 e. The lowest BCUT2D eigenvalue weighted by molar-refractivity contribution is -0.0612. The predicted molar refractivity (Wildman–Crippen MR) is 77.3 cm³/mol. The van der Waals surface area contributed by atoms with E-state index >= 15 is 0 Å². The zero-order valence-electron chi connectivity index (χ0n) is 11.9. The second-order valence-corrected chi connectivity index (χ2v) is 5.82. The molecule has 1 aliphatic rings. The van der Waals surface area contributed by atoms with Crippen LogP contribution in [0.25, 0.3) is 0 Å². The number of nitrogens with two attached hydrogens (primary N) is 1. The van der Waals surface area contributed by atoms with Gasteiger partial charge < -0.3 is 10.5 Å². The maximum Gasteiger partial charge on any atom is 0.0886 e. The van der Waals surface area contributed by atoms with Gasteiger partial charge in [0.15, 0.2) is 0 Å². The Kier molecular flexibility index (Phi) is 4.87. The number of nitrogens with zero attached hydrogens (tertiary/aromatic N) is 2. The number of ether oxygens (including phenoxy) is 1. The summed E-state index contributed by atoms with van der Waals surface area (Å²) in [6.07, 6.45) is 8.30. The molecule has 0 amide bonds. The molecule has 0 saturated heterocycles. The molecule has 5 heteroatoms. The quantitative estimate of drug-likeness (QED) is 0.903. The van der Waals surface area contributed by atoms with Crippen LogP contribution in [0.2, 0.25) is 5.02 Å². The number of aromatic nitrogens is 2. The van der Waals surface area contributed by atoms with Crippen molar-refractivity contribution >= 4 is 11.6 Å². The fourth-order valence-electron chi connectivity index (χ4n) is 3.11. The molecule has 1 heterocycles. The first-order chi connectivity index (χ1) is 9.14. The number of halogens is 1. The highest BCUT2D eigenvalue weighted by Crippen LogP contribution is 2.41. The van der Waals surface area contributed by atoms with Crippen molar-refractivity contribution < 1.29 is 4.74 Å². The molecule has 0 aliphatic heterocycles. The van der Waals surface area contributed by atoms with Gasteiger partial charge in [-0.05, 0) is 19.3 Å². The van der Waals surface area contributed by atoms with Crippen LogP contribution < -0.4 is 5.73 Å². The van der Waals surface area contributed by atoms with E-state index in [-0.39, 0.29) is 11.6 Å². The summed E-state index contributed by atoms with van der Waals surface area (Å²) in [6.45, 7) is 2.97. The molecule has 19 heavy (non-hydrogen) atoms. The Balaban J connectivity index is 2.31. The molecule has 1 atom stereocenters. The highest BCUT2D eigenvalue weighted by molar-refractivity contribution is 6.31. The van der Waals surface area contributed by atoms with Gasteiger partial charge in [0, 0.05) is 13.7 Å². The van der Waals surface area contributed by atoms with Crippen molar-refractivity contribution in [3.8, 4) is 0 Å². The molecule has 2 N–H and O–H groups in total. The van der Waals surface area contributed by atoms with E-state index < -0.39 is 0 Å². The molecule has 0 radical (unpaired) electrons. The Morgan fingerprint density at radius 2 is 2.16 bits per heavy atom. The number of hydrogen-bond donors (Lipinski definition) is 1. The lowest BCUT2D eigenvalue weighted by atomic mass is 9.78. The van der Waals surface area contributed by atoms with Crippen LogP contribution in [-0.2, 0) is 11.3 Å². The summed E-state index contributed by atoms with van der Waals surface area (Å²) in [5, 5.41) is 4.99. The Hall–Kier alpha value is -0.580. The molecule has 4 nitrogen and oxygen atoms in total. The highest BCUT2D eigenvalue weighted by Gasteiger charge is 2.41. The molecule has 1 aromatic heterocycles. The molecule has 2 rings (SSSR count). The molecule has 1 fully saturated rings. The van der Waals surface area contributed by atoms with E-state index in [1.165, 1.54) is 19.3 Å². The maximum absolute atomic E-state index is 6.52. The molecule has 108 valence electrons.